The molecule has 0 spiro atoms. The van der Waals surface area contributed by atoms with Gasteiger partial charge in [-0.2, -0.15) is 0 Å². The van der Waals surface area contributed by atoms with E-state index >= 15 is 0 Å². The number of guanidine groups is 1. The highest BCUT2D eigenvalue weighted by Gasteiger charge is 2.20. The summed E-state index contributed by atoms with van der Waals surface area (Å²) in [6.07, 6.45) is 2.04. The number of thiazole rings is 1. The SMILES string of the molecule is CCNC(=NCCCc1nc(C)cs1)N1CCN(Cc2ccc3c(c2)OCO3)CC1. The van der Waals surface area contributed by atoms with Crippen molar-refractivity contribution in [1.82, 2.24) is 20.1 Å². The predicted octanol–water partition coefficient (Wildman–Crippen LogP) is 2.90. The minimum Gasteiger partial charge on any atom is -0.454 e. The fraction of sp³-hybridized carbons (Fsp3) is 0.545. The Morgan fingerprint density at radius 3 is 2.80 bits per heavy atom. The van der Waals surface area contributed by atoms with Gasteiger partial charge in [-0.25, -0.2) is 4.98 Å². The number of hydrogen-bond donors (Lipinski definition) is 1. The topological polar surface area (TPSA) is 62.2 Å². The molecule has 3 heterocycles. The van der Waals surface area contributed by atoms with E-state index in [1.54, 1.807) is 11.3 Å². The zero-order chi connectivity index (χ0) is 20.8. The van der Waals surface area contributed by atoms with Crippen LogP contribution in [0.5, 0.6) is 11.5 Å². The molecule has 1 saturated heterocycles. The molecule has 0 radical (unpaired) electrons. The Bertz CT molecular complexity index is 861. The number of hydrogen-bond acceptors (Lipinski definition) is 6. The molecule has 2 aromatic rings. The van der Waals surface area contributed by atoms with Crippen LogP contribution < -0.4 is 14.8 Å². The molecule has 1 aromatic carbocycles. The van der Waals surface area contributed by atoms with E-state index in [0.717, 1.165) is 81.8 Å². The Balaban J connectivity index is 1.25. The number of nitrogens with one attached hydrogen (secondary N) is 1. The smallest absolute Gasteiger partial charge is 0.231 e. The molecule has 0 amide bonds. The van der Waals surface area contributed by atoms with Crippen LogP contribution in [0.15, 0.2) is 28.6 Å². The van der Waals surface area contributed by atoms with Crippen molar-refractivity contribution in [3.05, 3.63) is 39.8 Å². The zero-order valence-electron chi connectivity index (χ0n) is 17.9. The van der Waals surface area contributed by atoms with E-state index in [2.05, 4.69) is 44.5 Å². The largest absolute Gasteiger partial charge is 0.454 e. The quantitative estimate of drug-likeness (QED) is 0.415. The molecular formula is C22H31N5O2S. The average molecular weight is 430 g/mol. The molecule has 0 unspecified atom stereocenters. The third kappa shape index (κ3) is 5.43. The van der Waals surface area contributed by atoms with Gasteiger partial charge in [0, 0.05) is 63.3 Å². The number of aryl methyl sites for hydroxylation is 2. The zero-order valence-corrected chi connectivity index (χ0v) is 18.7. The molecule has 2 aliphatic heterocycles. The molecule has 2 aliphatic rings. The number of aromatic nitrogens is 1. The van der Waals surface area contributed by atoms with Gasteiger partial charge in [-0.3, -0.25) is 9.89 Å². The van der Waals surface area contributed by atoms with Crippen molar-refractivity contribution < 1.29 is 9.47 Å². The van der Waals surface area contributed by atoms with Crippen molar-refractivity contribution in [2.75, 3.05) is 46.1 Å². The van der Waals surface area contributed by atoms with Gasteiger partial charge >= 0.3 is 0 Å². The third-order valence-corrected chi connectivity index (χ3v) is 6.35. The second-order valence-corrected chi connectivity index (χ2v) is 8.62. The maximum atomic E-state index is 5.50. The Kier molecular flexibility index (Phi) is 7.07. The summed E-state index contributed by atoms with van der Waals surface area (Å²) < 4.78 is 10.9. The van der Waals surface area contributed by atoms with Crippen LogP contribution >= 0.6 is 11.3 Å². The molecule has 4 rings (SSSR count). The molecular weight excluding hydrogens is 398 g/mol. The highest BCUT2D eigenvalue weighted by atomic mass is 32.1. The molecule has 8 heteroatoms. The van der Waals surface area contributed by atoms with Crippen molar-refractivity contribution in [2.24, 2.45) is 4.99 Å². The van der Waals surface area contributed by atoms with Crippen LogP contribution in [0, 0.1) is 6.92 Å². The summed E-state index contributed by atoms with van der Waals surface area (Å²) in [6.45, 7) is 11.2. The second-order valence-electron chi connectivity index (χ2n) is 7.67. The summed E-state index contributed by atoms with van der Waals surface area (Å²) in [4.78, 5) is 14.3. The van der Waals surface area contributed by atoms with Crippen molar-refractivity contribution in [2.45, 2.75) is 33.2 Å². The lowest BCUT2D eigenvalue weighted by atomic mass is 10.1. The molecule has 0 saturated carbocycles. The monoisotopic (exact) mass is 429 g/mol. The van der Waals surface area contributed by atoms with Crippen molar-refractivity contribution >= 4 is 17.3 Å². The van der Waals surface area contributed by atoms with Crippen LogP contribution in [0.4, 0.5) is 0 Å². The fourth-order valence-corrected chi connectivity index (χ4v) is 4.59. The number of nitrogens with zero attached hydrogens (tertiary/aromatic N) is 4. The number of fused-ring (bicyclic) bond motifs is 1. The summed E-state index contributed by atoms with van der Waals surface area (Å²) in [5.74, 6) is 2.75. The Morgan fingerprint density at radius 1 is 1.20 bits per heavy atom. The standard InChI is InChI=1S/C22H31N5O2S/c1-3-23-22(24-8-4-5-21-25-17(2)15-30-21)27-11-9-26(10-12-27)14-18-6-7-19-20(13-18)29-16-28-19/h6-7,13,15H,3-5,8-12,14,16H2,1-2H3,(H,23,24). The lowest BCUT2D eigenvalue weighted by Crippen LogP contribution is -2.52. The van der Waals surface area contributed by atoms with Gasteiger partial charge in [0.1, 0.15) is 0 Å². The first-order valence-corrected chi connectivity index (χ1v) is 11.6. The molecule has 0 atom stereocenters. The van der Waals surface area contributed by atoms with Gasteiger partial charge in [-0.05, 0) is 38.0 Å². The van der Waals surface area contributed by atoms with E-state index in [1.807, 2.05) is 13.0 Å². The summed E-state index contributed by atoms with van der Waals surface area (Å²) in [6, 6.07) is 6.25. The molecule has 0 bridgehead atoms. The third-order valence-electron chi connectivity index (χ3n) is 5.33. The van der Waals surface area contributed by atoms with E-state index in [1.165, 1.54) is 10.6 Å². The van der Waals surface area contributed by atoms with E-state index in [0.29, 0.717) is 6.79 Å². The summed E-state index contributed by atoms with van der Waals surface area (Å²) >= 11 is 1.75. The van der Waals surface area contributed by atoms with Gasteiger partial charge in [0.05, 0.1) is 5.01 Å². The Labute approximate surface area is 182 Å². The summed E-state index contributed by atoms with van der Waals surface area (Å²) in [5.41, 5.74) is 2.39. The molecule has 162 valence electrons. The van der Waals surface area contributed by atoms with Gasteiger partial charge in [-0.1, -0.05) is 6.07 Å². The lowest BCUT2D eigenvalue weighted by molar-refractivity contribution is 0.171. The minimum absolute atomic E-state index is 0.327. The average Bonchev–Trinajstić information content (AvgIpc) is 3.39. The molecule has 0 aliphatic carbocycles. The Morgan fingerprint density at radius 2 is 2.03 bits per heavy atom. The normalized spacial score (nSPS) is 16.9. The van der Waals surface area contributed by atoms with Gasteiger partial charge in [0.25, 0.3) is 0 Å². The first kappa shape index (κ1) is 20.9. The van der Waals surface area contributed by atoms with Gasteiger partial charge in [0.15, 0.2) is 17.5 Å². The van der Waals surface area contributed by atoms with E-state index in [4.69, 9.17) is 14.5 Å². The van der Waals surface area contributed by atoms with Gasteiger partial charge in [0.2, 0.25) is 6.79 Å². The maximum Gasteiger partial charge on any atom is 0.231 e. The van der Waals surface area contributed by atoms with Gasteiger partial charge in [-0.15, -0.1) is 11.3 Å². The number of aliphatic imine (C=N–C) groups is 1. The lowest BCUT2D eigenvalue weighted by Gasteiger charge is -2.36. The summed E-state index contributed by atoms with van der Waals surface area (Å²) in [7, 11) is 0. The number of ether oxygens (including phenoxy) is 2. The Hall–Kier alpha value is -2.32. The highest BCUT2D eigenvalue weighted by molar-refractivity contribution is 7.09. The van der Waals surface area contributed by atoms with E-state index < -0.39 is 0 Å². The summed E-state index contributed by atoms with van der Waals surface area (Å²) in [5, 5.41) is 6.79. The molecule has 30 heavy (non-hydrogen) atoms. The number of piperazine rings is 1. The van der Waals surface area contributed by atoms with E-state index in [-0.39, 0.29) is 0 Å². The van der Waals surface area contributed by atoms with Crippen molar-refractivity contribution in [1.29, 1.82) is 0 Å². The first-order chi connectivity index (χ1) is 14.7. The van der Waals surface area contributed by atoms with Crippen LogP contribution in [-0.4, -0.2) is 66.8 Å². The van der Waals surface area contributed by atoms with Crippen LogP contribution in [0.2, 0.25) is 0 Å². The van der Waals surface area contributed by atoms with Crippen LogP contribution in [-0.2, 0) is 13.0 Å². The molecule has 1 N–H and O–H groups in total. The fourth-order valence-electron chi connectivity index (χ4n) is 3.77. The predicted molar refractivity (Wildman–Crippen MR) is 121 cm³/mol. The van der Waals surface area contributed by atoms with Crippen LogP contribution in [0.3, 0.4) is 0 Å². The minimum atomic E-state index is 0.327. The maximum absolute atomic E-state index is 5.50. The van der Waals surface area contributed by atoms with Crippen LogP contribution in [0.25, 0.3) is 0 Å². The highest BCUT2D eigenvalue weighted by Crippen LogP contribution is 2.32. The molecule has 7 nitrogen and oxygen atoms in total. The molecule has 1 aromatic heterocycles. The van der Waals surface area contributed by atoms with Crippen molar-refractivity contribution in [3.8, 4) is 11.5 Å². The van der Waals surface area contributed by atoms with Crippen molar-refractivity contribution in [3.63, 3.8) is 0 Å². The van der Waals surface area contributed by atoms with E-state index in [9.17, 15) is 0 Å². The molecule has 1 fully saturated rings. The second kappa shape index (κ2) is 10.1. The number of benzene rings is 1. The number of rotatable bonds is 7. The van der Waals surface area contributed by atoms with Crippen LogP contribution in [0.1, 0.15) is 29.6 Å². The van der Waals surface area contributed by atoms with Gasteiger partial charge < -0.3 is 19.7 Å². The first-order valence-electron chi connectivity index (χ1n) is 10.8.